The van der Waals surface area contributed by atoms with Crippen LogP contribution in [0.1, 0.15) is 23.3 Å². The number of anilines is 1. The minimum atomic E-state index is -0.540. The second kappa shape index (κ2) is 4.06. The van der Waals surface area contributed by atoms with Gasteiger partial charge < -0.3 is 10.6 Å². The average molecular weight is 261 g/mol. The molecule has 2 N–H and O–H groups in total. The maximum atomic E-state index is 11.7. The molecule has 18 heavy (non-hydrogen) atoms. The molecule has 0 aromatic carbocycles. The van der Waals surface area contributed by atoms with Crippen LogP contribution < -0.4 is 10.6 Å². The third-order valence-corrected chi connectivity index (χ3v) is 4.09. The highest BCUT2D eigenvalue weighted by molar-refractivity contribution is 7.23. The lowest BCUT2D eigenvalue weighted by Gasteiger charge is -2.11. The first-order valence-corrected chi connectivity index (χ1v) is 6.46. The zero-order valence-corrected chi connectivity index (χ0v) is 10.4. The van der Waals surface area contributed by atoms with Crippen LogP contribution in [0.15, 0.2) is 18.3 Å². The molecular weight excluding hydrogens is 250 g/mol. The summed E-state index contributed by atoms with van der Waals surface area (Å²) in [5, 5.41) is 1.81. The van der Waals surface area contributed by atoms with Crippen molar-refractivity contribution in [2.24, 2.45) is 5.73 Å². The van der Waals surface area contributed by atoms with Crippen LogP contribution in [0.25, 0.3) is 10.1 Å². The second-order valence-electron chi connectivity index (χ2n) is 4.21. The van der Waals surface area contributed by atoms with Crippen molar-refractivity contribution in [2.75, 3.05) is 11.4 Å². The lowest BCUT2D eigenvalue weighted by Crippen LogP contribution is -2.22. The molecule has 5 nitrogen and oxygen atoms in total. The molecule has 0 aliphatic carbocycles. The predicted octanol–water partition coefficient (Wildman–Crippen LogP) is 1.52. The summed E-state index contributed by atoms with van der Waals surface area (Å²) >= 11 is 1.51. The summed E-state index contributed by atoms with van der Waals surface area (Å²) in [6, 6.07) is 3.58. The van der Waals surface area contributed by atoms with Crippen molar-refractivity contribution in [1.29, 1.82) is 0 Å². The third-order valence-electron chi connectivity index (χ3n) is 2.98. The molecule has 0 spiro atoms. The maximum absolute atomic E-state index is 11.7. The van der Waals surface area contributed by atoms with E-state index in [1.807, 2.05) is 6.07 Å². The fourth-order valence-corrected chi connectivity index (χ4v) is 3.14. The average Bonchev–Trinajstić information content (AvgIpc) is 2.92. The van der Waals surface area contributed by atoms with Crippen molar-refractivity contribution in [2.45, 2.75) is 12.8 Å². The normalized spacial score (nSPS) is 15.6. The van der Waals surface area contributed by atoms with Crippen LogP contribution in [0.4, 0.5) is 5.00 Å². The summed E-state index contributed by atoms with van der Waals surface area (Å²) in [6.07, 6.45) is 3.14. The molecular formula is C12H11N3O2S. The van der Waals surface area contributed by atoms with Crippen LogP contribution in [0.5, 0.6) is 0 Å². The van der Waals surface area contributed by atoms with Gasteiger partial charge in [-0.25, -0.2) is 4.98 Å². The number of nitrogens with two attached hydrogens (primary N) is 1. The summed E-state index contributed by atoms with van der Waals surface area (Å²) in [6.45, 7) is 0.766. The second-order valence-corrected chi connectivity index (χ2v) is 5.27. The monoisotopic (exact) mass is 261 g/mol. The number of fused-ring (bicyclic) bond motifs is 1. The van der Waals surface area contributed by atoms with Gasteiger partial charge in [0.25, 0.3) is 5.91 Å². The van der Waals surface area contributed by atoms with Gasteiger partial charge >= 0.3 is 0 Å². The first kappa shape index (κ1) is 11.2. The van der Waals surface area contributed by atoms with E-state index in [0.717, 1.165) is 28.1 Å². The Bertz CT molecular complexity index is 650. The van der Waals surface area contributed by atoms with Gasteiger partial charge in [-0.3, -0.25) is 9.59 Å². The van der Waals surface area contributed by atoms with E-state index in [1.54, 1.807) is 17.2 Å². The van der Waals surface area contributed by atoms with Crippen LogP contribution in [0.2, 0.25) is 0 Å². The number of pyridine rings is 1. The Morgan fingerprint density at radius 1 is 1.44 bits per heavy atom. The Hall–Kier alpha value is -1.95. The lowest BCUT2D eigenvalue weighted by molar-refractivity contribution is -0.117. The molecule has 0 radical (unpaired) electrons. The molecule has 0 bridgehead atoms. The molecule has 2 amide bonds. The Morgan fingerprint density at radius 2 is 2.28 bits per heavy atom. The zero-order valence-electron chi connectivity index (χ0n) is 9.55. The molecule has 2 aromatic heterocycles. The summed E-state index contributed by atoms with van der Waals surface area (Å²) in [7, 11) is 0. The van der Waals surface area contributed by atoms with E-state index in [9.17, 15) is 9.59 Å². The number of hydrogen-bond donors (Lipinski definition) is 1. The lowest BCUT2D eigenvalue weighted by atomic mass is 10.2. The molecule has 1 fully saturated rings. The molecule has 0 unspecified atom stereocenters. The Balaban J connectivity index is 2.05. The number of rotatable bonds is 2. The molecule has 3 rings (SSSR count). The largest absolute Gasteiger partial charge is 0.364 e. The zero-order chi connectivity index (χ0) is 12.7. The Kier molecular flexibility index (Phi) is 2.52. The van der Waals surface area contributed by atoms with Crippen LogP contribution >= 0.6 is 11.3 Å². The fraction of sp³-hybridized carbons (Fsp3) is 0.250. The molecule has 92 valence electrons. The van der Waals surface area contributed by atoms with E-state index >= 15 is 0 Å². The number of hydrogen-bond acceptors (Lipinski definition) is 4. The standard InChI is InChI=1S/C12H11N3O2S/c13-12(17)8-4-7-5-11(18-9(7)6-14-8)15-3-1-2-10(15)16/h4-6H,1-3H2,(H2,13,17). The van der Waals surface area contributed by atoms with Gasteiger partial charge in [-0.05, 0) is 23.9 Å². The number of thiophene rings is 1. The highest BCUT2D eigenvalue weighted by atomic mass is 32.1. The van der Waals surface area contributed by atoms with Gasteiger partial charge in [0.05, 0.1) is 9.70 Å². The van der Waals surface area contributed by atoms with Gasteiger partial charge in [0.1, 0.15) is 5.69 Å². The van der Waals surface area contributed by atoms with E-state index in [-0.39, 0.29) is 11.6 Å². The number of primary amides is 1. The third kappa shape index (κ3) is 1.74. The topological polar surface area (TPSA) is 76.3 Å². The van der Waals surface area contributed by atoms with Crippen molar-refractivity contribution < 1.29 is 9.59 Å². The summed E-state index contributed by atoms with van der Waals surface area (Å²) in [4.78, 5) is 28.5. The first-order valence-electron chi connectivity index (χ1n) is 5.65. The fourth-order valence-electron chi connectivity index (χ4n) is 2.08. The van der Waals surface area contributed by atoms with Gasteiger partial charge in [-0.15, -0.1) is 11.3 Å². The number of carbonyl (C=O) groups is 2. The van der Waals surface area contributed by atoms with Gasteiger partial charge in [0.2, 0.25) is 5.91 Å². The van der Waals surface area contributed by atoms with Crippen molar-refractivity contribution in [3.05, 3.63) is 24.0 Å². The molecule has 1 aliphatic rings. The van der Waals surface area contributed by atoms with E-state index in [0.29, 0.717) is 6.42 Å². The number of nitrogens with zero attached hydrogens (tertiary/aromatic N) is 2. The summed E-state index contributed by atoms with van der Waals surface area (Å²) in [5.74, 6) is -0.383. The minimum Gasteiger partial charge on any atom is -0.364 e. The van der Waals surface area contributed by atoms with E-state index < -0.39 is 5.91 Å². The molecule has 1 saturated heterocycles. The predicted molar refractivity (Wildman–Crippen MR) is 69.7 cm³/mol. The van der Waals surface area contributed by atoms with Gasteiger partial charge in [-0.2, -0.15) is 0 Å². The van der Waals surface area contributed by atoms with Crippen LogP contribution in [-0.2, 0) is 4.79 Å². The molecule has 6 heteroatoms. The van der Waals surface area contributed by atoms with Crippen LogP contribution in [0, 0.1) is 0 Å². The first-order chi connectivity index (χ1) is 8.65. The highest BCUT2D eigenvalue weighted by Gasteiger charge is 2.23. The van der Waals surface area contributed by atoms with E-state index in [2.05, 4.69) is 4.98 Å². The molecule has 0 atom stereocenters. The van der Waals surface area contributed by atoms with Crippen molar-refractivity contribution in [3.8, 4) is 0 Å². The van der Waals surface area contributed by atoms with Crippen molar-refractivity contribution >= 4 is 38.2 Å². The van der Waals surface area contributed by atoms with Crippen LogP contribution in [0.3, 0.4) is 0 Å². The Morgan fingerprint density at radius 3 is 2.94 bits per heavy atom. The number of amides is 2. The van der Waals surface area contributed by atoms with Crippen LogP contribution in [-0.4, -0.2) is 23.3 Å². The molecule has 1 aliphatic heterocycles. The maximum Gasteiger partial charge on any atom is 0.267 e. The quantitative estimate of drug-likeness (QED) is 0.890. The van der Waals surface area contributed by atoms with Gasteiger partial charge in [0.15, 0.2) is 0 Å². The molecule has 0 saturated carbocycles. The van der Waals surface area contributed by atoms with Crippen molar-refractivity contribution in [3.63, 3.8) is 0 Å². The molecule has 3 heterocycles. The van der Waals surface area contributed by atoms with Crippen molar-refractivity contribution in [1.82, 2.24) is 4.98 Å². The minimum absolute atomic E-state index is 0.157. The SMILES string of the molecule is NC(=O)c1cc2cc(N3CCCC3=O)sc2cn1. The van der Waals surface area contributed by atoms with E-state index in [4.69, 9.17) is 5.73 Å². The smallest absolute Gasteiger partial charge is 0.267 e. The molecule has 2 aromatic rings. The number of aromatic nitrogens is 1. The highest BCUT2D eigenvalue weighted by Crippen LogP contribution is 2.34. The summed E-state index contributed by atoms with van der Waals surface area (Å²) in [5.41, 5.74) is 5.44. The van der Waals surface area contributed by atoms with Gasteiger partial charge in [-0.1, -0.05) is 0 Å². The number of carbonyl (C=O) groups excluding carboxylic acids is 2. The summed E-state index contributed by atoms with van der Waals surface area (Å²) < 4.78 is 0.953. The Labute approximate surface area is 107 Å². The van der Waals surface area contributed by atoms with Gasteiger partial charge in [0, 0.05) is 19.2 Å². The van der Waals surface area contributed by atoms with E-state index in [1.165, 1.54) is 11.3 Å².